The zero-order valence-electron chi connectivity index (χ0n) is 17.3. The number of pyridine rings is 1. The Kier molecular flexibility index (Phi) is 5.32. The molecular weight excluding hydrogens is 424 g/mol. The molecule has 0 radical (unpaired) electrons. The van der Waals surface area contributed by atoms with Crippen molar-refractivity contribution in [2.24, 2.45) is 11.8 Å². The average Bonchev–Trinajstić information content (AvgIpc) is 3.57. The van der Waals surface area contributed by atoms with Gasteiger partial charge in [-0.25, -0.2) is 10.8 Å². The van der Waals surface area contributed by atoms with Crippen LogP contribution in [0.3, 0.4) is 0 Å². The molecule has 1 aromatic carbocycles. The molecule has 8 heteroatoms. The number of hydrazine groups is 1. The van der Waals surface area contributed by atoms with Crippen LogP contribution in [-0.4, -0.2) is 29.1 Å². The number of carbonyl (C=O) groups is 3. The summed E-state index contributed by atoms with van der Waals surface area (Å²) in [6, 6.07) is 14.4. The molecule has 3 N–H and O–H groups in total. The van der Waals surface area contributed by atoms with Gasteiger partial charge in [0.1, 0.15) is 11.4 Å². The van der Waals surface area contributed by atoms with E-state index in [0.29, 0.717) is 25.3 Å². The Hall–Kier alpha value is -3.36. The van der Waals surface area contributed by atoms with Crippen molar-refractivity contribution >= 4 is 34.6 Å². The summed E-state index contributed by atoms with van der Waals surface area (Å²) < 4.78 is 0. The highest BCUT2D eigenvalue weighted by Gasteiger charge is 2.30. The number of anilines is 1. The Morgan fingerprint density at radius 3 is 2.66 bits per heavy atom. The molecule has 2 amide bonds. The zero-order valence-corrected chi connectivity index (χ0v) is 18.2. The summed E-state index contributed by atoms with van der Waals surface area (Å²) in [6.07, 6.45) is 3.56. The molecule has 1 aliphatic heterocycles. The number of ketones is 1. The van der Waals surface area contributed by atoms with Crippen LogP contribution in [0.2, 0.25) is 0 Å². The quantitative estimate of drug-likeness (QED) is 0.270. The number of aromatic nitrogens is 1. The number of fused-ring (bicyclic) bond motifs is 3. The van der Waals surface area contributed by atoms with Gasteiger partial charge in [0.2, 0.25) is 0 Å². The van der Waals surface area contributed by atoms with Crippen molar-refractivity contribution in [3.8, 4) is 10.4 Å². The predicted molar refractivity (Wildman–Crippen MR) is 123 cm³/mol. The molecule has 0 spiro atoms. The van der Waals surface area contributed by atoms with E-state index in [1.165, 1.54) is 17.4 Å². The molecule has 162 valence electrons. The molecule has 3 aromatic rings. The van der Waals surface area contributed by atoms with Crippen molar-refractivity contribution in [1.29, 1.82) is 0 Å². The number of nitrogens with zero attached hydrogens (tertiary/aromatic N) is 2. The summed E-state index contributed by atoms with van der Waals surface area (Å²) in [4.78, 5) is 45.7. The summed E-state index contributed by atoms with van der Waals surface area (Å²) in [5.41, 5.74) is 5.08. The molecule has 5 rings (SSSR count). The second kappa shape index (κ2) is 8.29. The van der Waals surface area contributed by atoms with Crippen LogP contribution in [0.4, 0.5) is 5.69 Å². The molecule has 1 aliphatic carbocycles. The Balaban J connectivity index is 1.49. The van der Waals surface area contributed by atoms with E-state index in [0.717, 1.165) is 39.4 Å². The molecule has 32 heavy (non-hydrogen) atoms. The number of thiophene rings is 1. The van der Waals surface area contributed by atoms with E-state index in [-0.39, 0.29) is 23.1 Å². The van der Waals surface area contributed by atoms with Gasteiger partial charge in [-0.15, -0.1) is 11.3 Å². The Bertz CT molecular complexity index is 1230. The standard InChI is InChI=1S/C24H22N4O3S/c25-27-23(30)17-5-3-6-18(26-17)24(31)28-11-10-15-13-21(20(29)12-14-8-9-14)32-22(15)16-4-1-2-7-19(16)28/h1-7,13-14H,8-12,25H2,(H,27,30). The summed E-state index contributed by atoms with van der Waals surface area (Å²) in [7, 11) is 0. The van der Waals surface area contributed by atoms with Crippen LogP contribution < -0.4 is 16.2 Å². The maximum absolute atomic E-state index is 13.4. The number of benzene rings is 1. The minimum absolute atomic E-state index is 0.0828. The summed E-state index contributed by atoms with van der Waals surface area (Å²) in [5.74, 6) is 5.13. The number of para-hydroxylation sites is 1. The maximum Gasteiger partial charge on any atom is 0.283 e. The van der Waals surface area contributed by atoms with Crippen molar-refractivity contribution in [1.82, 2.24) is 10.4 Å². The highest BCUT2D eigenvalue weighted by atomic mass is 32.1. The number of nitrogens with two attached hydrogens (primary N) is 1. The lowest BCUT2D eigenvalue weighted by Gasteiger charge is -2.22. The second-order valence-electron chi connectivity index (χ2n) is 8.14. The topological polar surface area (TPSA) is 105 Å². The predicted octanol–water partition coefficient (Wildman–Crippen LogP) is 3.60. The van der Waals surface area contributed by atoms with Gasteiger partial charge in [-0.05, 0) is 55.0 Å². The molecular formula is C24H22N4O3S. The Morgan fingerprint density at radius 2 is 1.88 bits per heavy atom. The minimum atomic E-state index is -0.554. The van der Waals surface area contributed by atoms with Gasteiger partial charge in [0.15, 0.2) is 5.78 Å². The molecule has 2 aliphatic rings. The van der Waals surface area contributed by atoms with Gasteiger partial charge in [-0.1, -0.05) is 24.3 Å². The third-order valence-corrected chi connectivity index (χ3v) is 7.13. The van der Waals surface area contributed by atoms with Gasteiger partial charge in [0.05, 0.1) is 10.6 Å². The van der Waals surface area contributed by atoms with Gasteiger partial charge >= 0.3 is 0 Å². The smallest absolute Gasteiger partial charge is 0.283 e. The van der Waals surface area contributed by atoms with Crippen molar-refractivity contribution < 1.29 is 14.4 Å². The number of nitrogen functional groups attached to an aromatic ring is 1. The molecule has 0 saturated heterocycles. The van der Waals surface area contributed by atoms with Crippen molar-refractivity contribution in [2.75, 3.05) is 11.4 Å². The van der Waals surface area contributed by atoms with Crippen LogP contribution in [0.1, 0.15) is 55.5 Å². The second-order valence-corrected chi connectivity index (χ2v) is 9.19. The molecule has 0 bridgehead atoms. The number of amides is 2. The molecule has 1 fully saturated rings. The highest BCUT2D eigenvalue weighted by Crippen LogP contribution is 2.43. The fourth-order valence-electron chi connectivity index (χ4n) is 4.02. The van der Waals surface area contributed by atoms with Crippen LogP contribution in [0, 0.1) is 5.92 Å². The molecule has 0 atom stereocenters. The van der Waals surface area contributed by atoms with Crippen molar-refractivity contribution in [2.45, 2.75) is 25.7 Å². The molecule has 0 unspecified atom stereocenters. The van der Waals surface area contributed by atoms with Gasteiger partial charge in [-0.2, -0.15) is 0 Å². The van der Waals surface area contributed by atoms with E-state index in [1.54, 1.807) is 17.0 Å². The van der Waals surface area contributed by atoms with Crippen molar-refractivity contribution in [3.05, 3.63) is 70.4 Å². The first-order valence-corrected chi connectivity index (χ1v) is 11.4. The fourth-order valence-corrected chi connectivity index (χ4v) is 5.21. The average molecular weight is 447 g/mol. The number of nitrogens with one attached hydrogen (secondary N) is 1. The summed E-state index contributed by atoms with van der Waals surface area (Å²) >= 11 is 1.52. The largest absolute Gasteiger partial charge is 0.306 e. The molecule has 2 aromatic heterocycles. The van der Waals surface area contributed by atoms with Crippen LogP contribution in [0.5, 0.6) is 0 Å². The third kappa shape index (κ3) is 3.83. The van der Waals surface area contributed by atoms with E-state index < -0.39 is 5.91 Å². The van der Waals surface area contributed by atoms with E-state index in [9.17, 15) is 14.4 Å². The number of hydrogen-bond donors (Lipinski definition) is 2. The first-order valence-electron chi connectivity index (χ1n) is 10.6. The van der Waals surface area contributed by atoms with E-state index >= 15 is 0 Å². The highest BCUT2D eigenvalue weighted by molar-refractivity contribution is 7.17. The Labute approximate surface area is 189 Å². The van der Waals surface area contributed by atoms with E-state index in [4.69, 9.17) is 5.84 Å². The maximum atomic E-state index is 13.4. The molecule has 7 nitrogen and oxygen atoms in total. The van der Waals surface area contributed by atoms with E-state index in [2.05, 4.69) is 4.98 Å². The summed E-state index contributed by atoms with van der Waals surface area (Å²) in [6.45, 7) is 0.449. The van der Waals surface area contributed by atoms with Crippen molar-refractivity contribution in [3.63, 3.8) is 0 Å². The first kappa shape index (κ1) is 20.5. The number of carbonyl (C=O) groups excluding carboxylic acids is 3. The Morgan fingerprint density at radius 1 is 1.09 bits per heavy atom. The summed E-state index contributed by atoms with van der Waals surface area (Å²) in [5, 5.41) is 0. The lowest BCUT2D eigenvalue weighted by atomic mass is 10.1. The van der Waals surface area contributed by atoms with Crippen LogP contribution in [-0.2, 0) is 6.42 Å². The van der Waals surface area contributed by atoms with Crippen LogP contribution in [0.15, 0.2) is 48.5 Å². The SMILES string of the molecule is NNC(=O)c1cccc(C(=O)N2CCc3cc(C(=O)CC4CC4)sc3-c3ccccc32)n1. The monoisotopic (exact) mass is 446 g/mol. The van der Waals surface area contributed by atoms with Crippen LogP contribution >= 0.6 is 11.3 Å². The van der Waals surface area contributed by atoms with Gasteiger partial charge in [0, 0.05) is 23.4 Å². The fraction of sp³-hybridized carbons (Fsp3) is 0.250. The number of Topliss-reactive ketones (excluding diaryl/α,β-unsaturated/α-hetero) is 1. The molecule has 3 heterocycles. The lowest BCUT2D eigenvalue weighted by Crippen LogP contribution is -2.34. The van der Waals surface area contributed by atoms with Gasteiger partial charge < -0.3 is 4.90 Å². The number of hydrogen-bond acceptors (Lipinski definition) is 6. The van der Waals surface area contributed by atoms with Crippen LogP contribution in [0.25, 0.3) is 10.4 Å². The van der Waals surface area contributed by atoms with Gasteiger partial charge in [-0.3, -0.25) is 19.8 Å². The third-order valence-electron chi connectivity index (χ3n) is 5.88. The molecule has 1 saturated carbocycles. The lowest BCUT2D eigenvalue weighted by molar-refractivity contribution is 0.0945. The minimum Gasteiger partial charge on any atom is -0.306 e. The normalized spacial score (nSPS) is 14.8. The van der Waals surface area contributed by atoms with E-state index in [1.807, 2.05) is 35.8 Å². The van der Waals surface area contributed by atoms with Gasteiger partial charge in [0.25, 0.3) is 11.8 Å². The zero-order chi connectivity index (χ0) is 22.2. The first-order chi connectivity index (χ1) is 15.5. The number of rotatable bonds is 5.